The number of piperidine rings is 1. The van der Waals surface area contributed by atoms with Crippen molar-refractivity contribution in [1.82, 2.24) is 4.90 Å². The van der Waals surface area contributed by atoms with E-state index in [1.54, 1.807) is 0 Å². The number of phenolic OH excluding ortho intramolecular Hbond substituents is 1. The number of ketones is 1. The van der Waals surface area contributed by atoms with E-state index in [4.69, 9.17) is 0 Å². The quantitative estimate of drug-likeness (QED) is 0.894. The molecule has 1 aliphatic heterocycles. The Kier molecular flexibility index (Phi) is 3.54. The topological polar surface area (TPSA) is 40.5 Å². The van der Waals surface area contributed by atoms with Crippen molar-refractivity contribution in [2.75, 3.05) is 13.1 Å². The van der Waals surface area contributed by atoms with Crippen molar-refractivity contribution in [3.05, 3.63) is 29.3 Å². The molecule has 4 atom stereocenters. The fraction of sp³-hybridized carbons (Fsp3) is 0.682. The normalized spacial score (nSPS) is 38.0. The van der Waals surface area contributed by atoms with Crippen LogP contribution < -0.4 is 0 Å². The molecule has 0 aromatic heterocycles. The molecule has 3 heteroatoms. The van der Waals surface area contributed by atoms with Crippen LogP contribution in [0.2, 0.25) is 0 Å². The second-order valence-electron chi connectivity index (χ2n) is 9.23. The first-order chi connectivity index (χ1) is 12.1. The van der Waals surface area contributed by atoms with Gasteiger partial charge >= 0.3 is 0 Å². The minimum atomic E-state index is -0.0259. The van der Waals surface area contributed by atoms with E-state index in [1.807, 2.05) is 12.1 Å². The average molecular weight is 339 g/mol. The van der Waals surface area contributed by atoms with Crippen molar-refractivity contribution in [1.29, 1.82) is 0 Å². The SMILES string of the molecule is C[C@H]1CC(=O)CC23CCN(CC4CCC4)C(Cc4ccc(O)cc42)[C@H]13. The van der Waals surface area contributed by atoms with Gasteiger partial charge in [-0.2, -0.15) is 0 Å². The number of fused-ring (bicyclic) bond motifs is 1. The number of carbonyl (C=O) groups is 1. The molecule has 2 unspecified atom stereocenters. The highest BCUT2D eigenvalue weighted by atomic mass is 16.3. The Labute approximate surface area is 150 Å². The summed E-state index contributed by atoms with van der Waals surface area (Å²) in [5.74, 6) is 2.69. The third-order valence-corrected chi connectivity index (χ3v) is 7.82. The Balaban J connectivity index is 1.59. The molecule has 3 aliphatic carbocycles. The average Bonchev–Trinajstić information content (AvgIpc) is 2.52. The van der Waals surface area contributed by atoms with Crippen LogP contribution in [0.5, 0.6) is 5.75 Å². The van der Waals surface area contributed by atoms with Gasteiger partial charge in [0, 0.05) is 30.8 Å². The van der Waals surface area contributed by atoms with Gasteiger partial charge in [-0.15, -0.1) is 0 Å². The summed E-state index contributed by atoms with van der Waals surface area (Å²) in [5.41, 5.74) is 2.64. The number of nitrogens with zero attached hydrogens (tertiary/aromatic N) is 1. The molecule has 1 saturated heterocycles. The van der Waals surface area contributed by atoms with Crippen LogP contribution in [-0.2, 0) is 16.6 Å². The van der Waals surface area contributed by atoms with Gasteiger partial charge in [0.05, 0.1) is 0 Å². The first kappa shape index (κ1) is 15.9. The molecule has 2 saturated carbocycles. The Morgan fingerprint density at radius 2 is 2.12 bits per heavy atom. The first-order valence-electron chi connectivity index (χ1n) is 10.1. The molecular formula is C22H29NO2. The van der Waals surface area contributed by atoms with E-state index in [2.05, 4.69) is 17.9 Å². The molecule has 5 rings (SSSR count). The molecule has 25 heavy (non-hydrogen) atoms. The summed E-state index contributed by atoms with van der Waals surface area (Å²) in [5, 5.41) is 10.1. The minimum absolute atomic E-state index is 0.0259. The van der Waals surface area contributed by atoms with Crippen LogP contribution in [0.15, 0.2) is 18.2 Å². The number of rotatable bonds is 2. The van der Waals surface area contributed by atoms with Crippen LogP contribution in [0.1, 0.15) is 56.6 Å². The summed E-state index contributed by atoms with van der Waals surface area (Å²) in [6.07, 6.45) is 7.81. The Bertz CT molecular complexity index is 710. The molecule has 0 spiro atoms. The highest BCUT2D eigenvalue weighted by Gasteiger charge is 2.57. The van der Waals surface area contributed by atoms with Crippen LogP contribution in [0.3, 0.4) is 0 Å². The molecule has 2 bridgehead atoms. The number of benzene rings is 1. The van der Waals surface area contributed by atoms with E-state index >= 15 is 0 Å². The summed E-state index contributed by atoms with van der Waals surface area (Å²) < 4.78 is 0. The smallest absolute Gasteiger partial charge is 0.134 e. The van der Waals surface area contributed by atoms with Gasteiger partial charge in [0.1, 0.15) is 11.5 Å². The largest absolute Gasteiger partial charge is 0.508 e. The Morgan fingerprint density at radius 1 is 1.28 bits per heavy atom. The molecule has 1 heterocycles. The van der Waals surface area contributed by atoms with Gasteiger partial charge in [-0.05, 0) is 73.2 Å². The molecule has 0 radical (unpaired) electrons. The van der Waals surface area contributed by atoms with Crippen molar-refractivity contribution in [2.45, 2.75) is 63.3 Å². The zero-order valence-corrected chi connectivity index (χ0v) is 15.2. The van der Waals surface area contributed by atoms with Gasteiger partial charge in [0.15, 0.2) is 0 Å². The third-order valence-electron chi connectivity index (χ3n) is 7.82. The lowest BCUT2D eigenvalue weighted by molar-refractivity contribution is -0.131. The Morgan fingerprint density at radius 3 is 2.88 bits per heavy atom. The van der Waals surface area contributed by atoms with Crippen LogP contribution in [-0.4, -0.2) is 34.9 Å². The molecular weight excluding hydrogens is 310 g/mol. The molecule has 134 valence electrons. The van der Waals surface area contributed by atoms with E-state index in [0.717, 1.165) is 31.7 Å². The maximum atomic E-state index is 12.6. The van der Waals surface area contributed by atoms with Crippen molar-refractivity contribution in [3.63, 3.8) is 0 Å². The van der Waals surface area contributed by atoms with Crippen molar-refractivity contribution in [2.24, 2.45) is 17.8 Å². The van der Waals surface area contributed by atoms with E-state index in [9.17, 15) is 9.90 Å². The molecule has 4 aliphatic rings. The zero-order chi connectivity index (χ0) is 17.2. The standard InChI is InChI=1S/C22H29NO2/c1-14-9-18(25)12-22-7-8-23(13-15-3-2-4-15)20(21(14)22)10-16-5-6-17(24)11-19(16)22/h5-6,11,14-15,20-21,24H,2-4,7-10,12-13H2,1H3/t14-,20?,21-,22?/m0/s1. The molecule has 1 N–H and O–H groups in total. The summed E-state index contributed by atoms with van der Waals surface area (Å²) >= 11 is 0. The highest BCUT2D eigenvalue weighted by Crippen LogP contribution is 2.57. The van der Waals surface area contributed by atoms with Gasteiger partial charge in [0.2, 0.25) is 0 Å². The van der Waals surface area contributed by atoms with Crippen LogP contribution in [0, 0.1) is 17.8 Å². The lowest BCUT2D eigenvalue weighted by atomic mass is 9.49. The second-order valence-corrected chi connectivity index (χ2v) is 9.23. The van der Waals surface area contributed by atoms with Gasteiger partial charge in [-0.1, -0.05) is 19.4 Å². The van der Waals surface area contributed by atoms with Gasteiger partial charge in [-0.3, -0.25) is 9.69 Å². The van der Waals surface area contributed by atoms with Gasteiger partial charge in [-0.25, -0.2) is 0 Å². The van der Waals surface area contributed by atoms with E-state index in [0.29, 0.717) is 35.8 Å². The van der Waals surface area contributed by atoms with Crippen LogP contribution >= 0.6 is 0 Å². The molecule has 1 aromatic carbocycles. The highest BCUT2D eigenvalue weighted by molar-refractivity contribution is 5.82. The number of phenols is 1. The zero-order valence-electron chi connectivity index (χ0n) is 15.2. The van der Waals surface area contributed by atoms with Gasteiger partial charge < -0.3 is 5.11 Å². The third kappa shape index (κ3) is 2.31. The van der Waals surface area contributed by atoms with Crippen molar-refractivity contribution >= 4 is 5.78 Å². The van der Waals surface area contributed by atoms with Gasteiger partial charge in [0.25, 0.3) is 0 Å². The second kappa shape index (κ2) is 5.57. The van der Waals surface area contributed by atoms with Crippen molar-refractivity contribution in [3.8, 4) is 5.75 Å². The maximum absolute atomic E-state index is 12.6. The predicted octanol–water partition coefficient (Wildman–Crippen LogP) is 3.68. The molecule has 1 aromatic rings. The number of aromatic hydroxyl groups is 1. The Hall–Kier alpha value is -1.35. The molecule has 3 fully saturated rings. The number of hydrogen-bond acceptors (Lipinski definition) is 3. The molecule has 3 nitrogen and oxygen atoms in total. The molecule has 0 amide bonds. The lowest BCUT2D eigenvalue weighted by Crippen LogP contribution is -2.64. The van der Waals surface area contributed by atoms with Crippen LogP contribution in [0.25, 0.3) is 0 Å². The predicted molar refractivity (Wildman–Crippen MR) is 97.7 cm³/mol. The van der Waals surface area contributed by atoms with E-state index in [1.165, 1.54) is 36.9 Å². The summed E-state index contributed by atoms with van der Waals surface area (Å²) in [6.45, 7) is 4.67. The monoisotopic (exact) mass is 339 g/mol. The fourth-order valence-electron chi connectivity index (χ4n) is 6.64. The minimum Gasteiger partial charge on any atom is -0.508 e. The fourth-order valence-corrected chi connectivity index (χ4v) is 6.64. The number of hydrogen-bond donors (Lipinski definition) is 1. The summed E-state index contributed by atoms with van der Waals surface area (Å²) in [6, 6.07) is 6.50. The number of carbonyl (C=O) groups excluding carboxylic acids is 1. The number of Topliss-reactive ketones (excluding diaryl/α,β-unsaturated/α-hetero) is 1. The number of likely N-dealkylation sites (tertiary alicyclic amines) is 1. The van der Waals surface area contributed by atoms with E-state index in [-0.39, 0.29) is 5.41 Å². The summed E-state index contributed by atoms with van der Waals surface area (Å²) in [7, 11) is 0. The lowest BCUT2D eigenvalue weighted by Gasteiger charge is -2.61. The summed E-state index contributed by atoms with van der Waals surface area (Å²) in [4.78, 5) is 15.3. The van der Waals surface area contributed by atoms with Crippen molar-refractivity contribution < 1.29 is 9.90 Å². The maximum Gasteiger partial charge on any atom is 0.134 e. The van der Waals surface area contributed by atoms with E-state index < -0.39 is 0 Å². The first-order valence-corrected chi connectivity index (χ1v) is 10.1. The van der Waals surface area contributed by atoms with Crippen LogP contribution in [0.4, 0.5) is 0 Å².